The number of ether oxygens (including phenoxy) is 1. The highest BCUT2D eigenvalue weighted by atomic mass is 16.5. The van der Waals surface area contributed by atoms with Gasteiger partial charge in [0.1, 0.15) is 5.82 Å². The number of nitrogens with zero attached hydrogens (tertiary/aromatic N) is 2. The molecule has 0 atom stereocenters. The largest absolute Gasteiger partial charge is 0.469 e. The van der Waals surface area contributed by atoms with Crippen molar-refractivity contribution in [3.8, 4) is 0 Å². The fraction of sp³-hybridized carbons (Fsp3) is 0.556. The molecule has 0 saturated heterocycles. The van der Waals surface area contributed by atoms with Crippen molar-refractivity contribution in [3.05, 3.63) is 18.2 Å². The van der Waals surface area contributed by atoms with Gasteiger partial charge >= 0.3 is 5.97 Å². The second-order valence-electron chi connectivity index (χ2n) is 2.85. The molecule has 13 heavy (non-hydrogen) atoms. The number of hydrogen-bond acceptors (Lipinski definition) is 3. The molecule has 4 heteroatoms. The molecule has 72 valence electrons. The van der Waals surface area contributed by atoms with Crippen molar-refractivity contribution in [2.45, 2.75) is 26.3 Å². The fourth-order valence-corrected chi connectivity index (χ4v) is 1.14. The number of rotatable bonds is 4. The molecule has 0 aromatic carbocycles. The molecular formula is C9H14N2O2. The lowest BCUT2D eigenvalue weighted by Gasteiger charge is -2.03. The lowest BCUT2D eigenvalue weighted by molar-refractivity contribution is -0.140. The first-order valence-corrected chi connectivity index (χ1v) is 4.28. The summed E-state index contributed by atoms with van der Waals surface area (Å²) in [5.41, 5.74) is 0. The Morgan fingerprint density at radius 2 is 2.46 bits per heavy atom. The van der Waals surface area contributed by atoms with Crippen LogP contribution in [0.4, 0.5) is 0 Å². The quantitative estimate of drug-likeness (QED) is 0.656. The fourth-order valence-electron chi connectivity index (χ4n) is 1.14. The molecule has 0 amide bonds. The van der Waals surface area contributed by atoms with Crippen LogP contribution in [0.1, 0.15) is 18.7 Å². The maximum absolute atomic E-state index is 10.8. The van der Waals surface area contributed by atoms with Crippen LogP contribution in [0.15, 0.2) is 12.4 Å². The van der Waals surface area contributed by atoms with Gasteiger partial charge in [0, 0.05) is 25.4 Å². The van der Waals surface area contributed by atoms with Crippen LogP contribution in [-0.2, 0) is 16.1 Å². The first-order chi connectivity index (χ1) is 6.24. The second-order valence-corrected chi connectivity index (χ2v) is 2.85. The standard InChI is InChI=1S/C9H14N2O2/c1-8-10-5-7-11(8)6-3-4-9(12)13-2/h5,7H,3-4,6H2,1-2H3. The minimum Gasteiger partial charge on any atom is -0.469 e. The summed E-state index contributed by atoms with van der Waals surface area (Å²) in [5, 5.41) is 0. The van der Waals surface area contributed by atoms with Crippen molar-refractivity contribution in [2.24, 2.45) is 0 Å². The van der Waals surface area contributed by atoms with E-state index in [1.807, 2.05) is 17.7 Å². The van der Waals surface area contributed by atoms with Crippen molar-refractivity contribution in [2.75, 3.05) is 7.11 Å². The van der Waals surface area contributed by atoms with Crippen molar-refractivity contribution in [1.29, 1.82) is 0 Å². The van der Waals surface area contributed by atoms with Crippen molar-refractivity contribution < 1.29 is 9.53 Å². The number of imidazole rings is 1. The van der Waals surface area contributed by atoms with Gasteiger partial charge in [-0.25, -0.2) is 4.98 Å². The summed E-state index contributed by atoms with van der Waals surface area (Å²) < 4.78 is 6.55. The van der Waals surface area contributed by atoms with Gasteiger partial charge in [-0.05, 0) is 13.3 Å². The van der Waals surface area contributed by atoms with E-state index in [-0.39, 0.29) is 5.97 Å². The average Bonchev–Trinajstić information content (AvgIpc) is 2.52. The minimum absolute atomic E-state index is 0.155. The highest BCUT2D eigenvalue weighted by Gasteiger charge is 2.01. The van der Waals surface area contributed by atoms with Crippen molar-refractivity contribution in [1.82, 2.24) is 9.55 Å². The normalized spacial score (nSPS) is 10.0. The first kappa shape index (κ1) is 9.77. The van der Waals surface area contributed by atoms with Gasteiger partial charge in [0.05, 0.1) is 7.11 Å². The van der Waals surface area contributed by atoms with Gasteiger partial charge in [-0.1, -0.05) is 0 Å². The van der Waals surface area contributed by atoms with Crippen LogP contribution in [0.2, 0.25) is 0 Å². The van der Waals surface area contributed by atoms with Gasteiger partial charge in [-0.3, -0.25) is 4.79 Å². The van der Waals surface area contributed by atoms with E-state index in [9.17, 15) is 4.79 Å². The third-order valence-corrected chi connectivity index (χ3v) is 1.93. The van der Waals surface area contributed by atoms with Crippen LogP contribution in [-0.4, -0.2) is 22.6 Å². The number of carbonyl (C=O) groups is 1. The van der Waals surface area contributed by atoms with E-state index in [1.54, 1.807) is 6.20 Å². The summed E-state index contributed by atoms with van der Waals surface area (Å²) in [6.45, 7) is 2.76. The Morgan fingerprint density at radius 3 is 3.00 bits per heavy atom. The van der Waals surface area contributed by atoms with E-state index in [1.165, 1.54) is 7.11 Å². The van der Waals surface area contributed by atoms with Gasteiger partial charge in [0.15, 0.2) is 0 Å². The number of aromatic nitrogens is 2. The third-order valence-electron chi connectivity index (χ3n) is 1.93. The molecule has 0 bridgehead atoms. The Hall–Kier alpha value is -1.32. The molecule has 0 unspecified atom stereocenters. The number of hydrogen-bond donors (Lipinski definition) is 0. The lowest BCUT2D eigenvalue weighted by atomic mass is 10.3. The first-order valence-electron chi connectivity index (χ1n) is 4.28. The predicted molar refractivity (Wildman–Crippen MR) is 48.2 cm³/mol. The molecule has 0 aliphatic rings. The summed E-state index contributed by atoms with van der Waals surface area (Å²) in [4.78, 5) is 14.9. The molecular weight excluding hydrogens is 168 g/mol. The summed E-state index contributed by atoms with van der Waals surface area (Å²) in [7, 11) is 1.41. The van der Waals surface area contributed by atoms with E-state index >= 15 is 0 Å². The molecule has 1 heterocycles. The number of aryl methyl sites for hydroxylation is 2. The molecule has 1 aromatic rings. The molecule has 0 saturated carbocycles. The van der Waals surface area contributed by atoms with Crippen molar-refractivity contribution in [3.63, 3.8) is 0 Å². The van der Waals surface area contributed by atoms with Gasteiger partial charge in [-0.15, -0.1) is 0 Å². The Labute approximate surface area is 77.5 Å². The van der Waals surface area contributed by atoms with Crippen LogP contribution in [0, 0.1) is 6.92 Å². The third kappa shape index (κ3) is 2.89. The zero-order valence-corrected chi connectivity index (χ0v) is 7.99. The maximum Gasteiger partial charge on any atom is 0.305 e. The SMILES string of the molecule is COC(=O)CCCn1ccnc1C. The Bertz CT molecular complexity index is 281. The van der Waals surface area contributed by atoms with Gasteiger partial charge in [-0.2, -0.15) is 0 Å². The lowest BCUT2D eigenvalue weighted by Crippen LogP contribution is -2.04. The molecule has 0 radical (unpaired) electrons. The maximum atomic E-state index is 10.8. The summed E-state index contributed by atoms with van der Waals surface area (Å²) in [6.07, 6.45) is 4.93. The van der Waals surface area contributed by atoms with Crippen LogP contribution >= 0.6 is 0 Å². The number of methoxy groups -OCH3 is 1. The van der Waals surface area contributed by atoms with Crippen LogP contribution < -0.4 is 0 Å². The topological polar surface area (TPSA) is 44.1 Å². The summed E-state index contributed by atoms with van der Waals surface area (Å²) in [6, 6.07) is 0. The van der Waals surface area contributed by atoms with Crippen LogP contribution in [0.3, 0.4) is 0 Å². The molecule has 0 fully saturated rings. The number of carbonyl (C=O) groups excluding carboxylic acids is 1. The zero-order valence-electron chi connectivity index (χ0n) is 7.99. The molecule has 0 spiro atoms. The average molecular weight is 182 g/mol. The highest BCUT2D eigenvalue weighted by Crippen LogP contribution is 2.00. The Balaban J connectivity index is 2.28. The van der Waals surface area contributed by atoms with Gasteiger partial charge < -0.3 is 9.30 Å². The molecule has 0 aliphatic heterocycles. The van der Waals surface area contributed by atoms with E-state index < -0.39 is 0 Å². The van der Waals surface area contributed by atoms with E-state index in [2.05, 4.69) is 9.72 Å². The predicted octanol–water partition coefficient (Wildman–Crippen LogP) is 1.14. The van der Waals surface area contributed by atoms with Crippen LogP contribution in [0.5, 0.6) is 0 Å². The molecule has 0 N–H and O–H groups in total. The van der Waals surface area contributed by atoms with Crippen LogP contribution in [0.25, 0.3) is 0 Å². The zero-order chi connectivity index (χ0) is 9.68. The monoisotopic (exact) mass is 182 g/mol. The molecule has 4 nitrogen and oxygen atoms in total. The van der Waals surface area contributed by atoms with E-state index in [0.717, 1.165) is 18.8 Å². The van der Waals surface area contributed by atoms with E-state index in [4.69, 9.17) is 0 Å². The van der Waals surface area contributed by atoms with E-state index in [0.29, 0.717) is 6.42 Å². The van der Waals surface area contributed by atoms with Crippen molar-refractivity contribution >= 4 is 5.97 Å². The highest BCUT2D eigenvalue weighted by molar-refractivity contribution is 5.68. The Kier molecular flexibility index (Phi) is 3.49. The summed E-state index contributed by atoms with van der Waals surface area (Å²) in [5.74, 6) is 0.822. The molecule has 1 aromatic heterocycles. The smallest absolute Gasteiger partial charge is 0.305 e. The van der Waals surface area contributed by atoms with Gasteiger partial charge in [0.2, 0.25) is 0 Å². The molecule has 1 rings (SSSR count). The van der Waals surface area contributed by atoms with Gasteiger partial charge in [0.25, 0.3) is 0 Å². The Morgan fingerprint density at radius 1 is 1.69 bits per heavy atom. The molecule has 0 aliphatic carbocycles. The minimum atomic E-state index is -0.155. The second kappa shape index (κ2) is 4.64. The number of esters is 1. The summed E-state index contributed by atoms with van der Waals surface area (Å²) >= 11 is 0.